The lowest BCUT2D eigenvalue weighted by atomic mass is 10.1. The van der Waals surface area contributed by atoms with Gasteiger partial charge in [0.2, 0.25) is 5.91 Å². The van der Waals surface area contributed by atoms with Crippen LogP contribution in [0.5, 0.6) is 0 Å². The molecule has 0 spiro atoms. The van der Waals surface area contributed by atoms with Crippen molar-refractivity contribution in [1.82, 2.24) is 15.3 Å². The molecule has 0 fully saturated rings. The van der Waals surface area contributed by atoms with E-state index in [0.717, 1.165) is 24.3 Å². The van der Waals surface area contributed by atoms with Crippen LogP contribution in [0.25, 0.3) is 0 Å². The molecule has 1 aromatic heterocycles. The zero-order valence-electron chi connectivity index (χ0n) is 12.0. The minimum absolute atomic E-state index is 0.0520. The third kappa shape index (κ3) is 3.12. The second-order valence-corrected chi connectivity index (χ2v) is 6.47. The SMILES string of the molecule is CN1N=C(C(=O)NCCc2nc3c(s2)CCC3)CCC1=O. The molecule has 1 aromatic rings. The molecule has 1 aliphatic heterocycles. The molecule has 0 unspecified atom stereocenters. The van der Waals surface area contributed by atoms with Gasteiger partial charge in [0.05, 0.1) is 10.7 Å². The second-order valence-electron chi connectivity index (χ2n) is 5.30. The van der Waals surface area contributed by atoms with Gasteiger partial charge in [-0.15, -0.1) is 11.3 Å². The van der Waals surface area contributed by atoms with Crippen molar-refractivity contribution in [3.05, 3.63) is 15.6 Å². The van der Waals surface area contributed by atoms with Crippen LogP contribution < -0.4 is 5.32 Å². The molecule has 3 rings (SSSR count). The van der Waals surface area contributed by atoms with E-state index < -0.39 is 0 Å². The summed E-state index contributed by atoms with van der Waals surface area (Å²) in [5.74, 6) is -0.234. The van der Waals surface area contributed by atoms with Gasteiger partial charge in [0, 0.05) is 37.7 Å². The first-order valence-corrected chi connectivity index (χ1v) is 8.05. The third-order valence-corrected chi connectivity index (χ3v) is 4.95. The average Bonchev–Trinajstić information content (AvgIpc) is 3.02. The molecule has 112 valence electrons. The summed E-state index contributed by atoms with van der Waals surface area (Å²) in [5.41, 5.74) is 1.68. The van der Waals surface area contributed by atoms with Gasteiger partial charge < -0.3 is 5.32 Å². The number of thiazole rings is 1. The molecule has 7 heteroatoms. The Morgan fingerprint density at radius 1 is 1.33 bits per heavy atom. The highest BCUT2D eigenvalue weighted by atomic mass is 32.1. The zero-order valence-corrected chi connectivity index (χ0v) is 12.8. The molecule has 1 aliphatic carbocycles. The smallest absolute Gasteiger partial charge is 0.267 e. The van der Waals surface area contributed by atoms with Crippen molar-refractivity contribution in [3.63, 3.8) is 0 Å². The van der Waals surface area contributed by atoms with Crippen LogP contribution in [-0.2, 0) is 28.9 Å². The predicted octanol–water partition coefficient (Wildman–Crippen LogP) is 0.899. The van der Waals surface area contributed by atoms with Crippen LogP contribution in [0.15, 0.2) is 5.10 Å². The predicted molar refractivity (Wildman–Crippen MR) is 80.3 cm³/mol. The molecule has 0 aromatic carbocycles. The summed E-state index contributed by atoms with van der Waals surface area (Å²) in [6, 6.07) is 0. The number of fused-ring (bicyclic) bond motifs is 1. The number of hydrogen-bond donors (Lipinski definition) is 1. The summed E-state index contributed by atoms with van der Waals surface area (Å²) in [5, 5.41) is 9.20. The standard InChI is InChI=1S/C14H18N4O2S/c1-18-13(19)6-5-10(17-18)14(20)15-8-7-12-16-9-3-2-4-11(9)21-12/h2-8H2,1H3,(H,15,20). The zero-order chi connectivity index (χ0) is 14.8. The Hall–Kier alpha value is -1.76. The number of nitrogens with one attached hydrogen (secondary N) is 1. The Balaban J connectivity index is 1.49. The van der Waals surface area contributed by atoms with Gasteiger partial charge >= 0.3 is 0 Å². The molecule has 6 nitrogen and oxygen atoms in total. The second kappa shape index (κ2) is 5.93. The normalized spacial score (nSPS) is 17.7. The van der Waals surface area contributed by atoms with Crippen molar-refractivity contribution in [3.8, 4) is 0 Å². The fourth-order valence-electron chi connectivity index (χ4n) is 2.57. The number of rotatable bonds is 4. The molecule has 0 saturated carbocycles. The van der Waals surface area contributed by atoms with Crippen LogP contribution in [0.4, 0.5) is 0 Å². The molecule has 0 saturated heterocycles. The molecule has 2 amide bonds. The van der Waals surface area contributed by atoms with Crippen molar-refractivity contribution in [2.75, 3.05) is 13.6 Å². The lowest BCUT2D eigenvalue weighted by molar-refractivity contribution is -0.130. The van der Waals surface area contributed by atoms with Crippen LogP contribution in [-0.4, -0.2) is 41.1 Å². The highest BCUT2D eigenvalue weighted by Gasteiger charge is 2.22. The molecule has 1 N–H and O–H groups in total. The Labute approximate surface area is 127 Å². The van der Waals surface area contributed by atoms with Gasteiger partial charge in [0.15, 0.2) is 0 Å². The minimum atomic E-state index is -0.182. The number of nitrogens with zero attached hydrogens (tertiary/aromatic N) is 3. The fourth-order valence-corrected chi connectivity index (χ4v) is 3.72. The number of aryl methyl sites for hydroxylation is 2. The van der Waals surface area contributed by atoms with Gasteiger partial charge in [-0.3, -0.25) is 9.59 Å². The summed E-state index contributed by atoms with van der Waals surface area (Å²) in [7, 11) is 1.58. The van der Waals surface area contributed by atoms with Gasteiger partial charge in [-0.1, -0.05) is 0 Å². The largest absolute Gasteiger partial charge is 0.351 e. The minimum Gasteiger partial charge on any atom is -0.351 e. The van der Waals surface area contributed by atoms with E-state index in [0.29, 0.717) is 25.1 Å². The monoisotopic (exact) mass is 306 g/mol. The van der Waals surface area contributed by atoms with E-state index in [4.69, 9.17) is 0 Å². The van der Waals surface area contributed by atoms with Gasteiger partial charge in [0.1, 0.15) is 5.71 Å². The lowest BCUT2D eigenvalue weighted by Crippen LogP contribution is -2.38. The quantitative estimate of drug-likeness (QED) is 0.898. The van der Waals surface area contributed by atoms with Crippen LogP contribution >= 0.6 is 11.3 Å². The highest BCUT2D eigenvalue weighted by molar-refractivity contribution is 7.11. The van der Waals surface area contributed by atoms with Crippen LogP contribution in [0.1, 0.15) is 34.8 Å². The number of hydrazone groups is 1. The number of carbonyl (C=O) groups excluding carboxylic acids is 2. The Bertz CT molecular complexity index is 587. The summed E-state index contributed by atoms with van der Waals surface area (Å²) in [4.78, 5) is 29.3. The first-order chi connectivity index (χ1) is 10.1. The highest BCUT2D eigenvalue weighted by Crippen LogP contribution is 2.27. The maximum absolute atomic E-state index is 12.0. The first-order valence-electron chi connectivity index (χ1n) is 7.23. The molecular formula is C14H18N4O2S. The number of carbonyl (C=O) groups is 2. The Kier molecular flexibility index (Phi) is 4.01. The van der Waals surface area contributed by atoms with Gasteiger partial charge in [-0.25, -0.2) is 9.99 Å². The van der Waals surface area contributed by atoms with Crippen LogP contribution in [0.3, 0.4) is 0 Å². The molecule has 0 bridgehead atoms. The number of amides is 2. The summed E-state index contributed by atoms with van der Waals surface area (Å²) < 4.78 is 0. The summed E-state index contributed by atoms with van der Waals surface area (Å²) in [6.45, 7) is 0.557. The third-order valence-electron chi connectivity index (χ3n) is 3.73. The summed E-state index contributed by atoms with van der Waals surface area (Å²) >= 11 is 1.76. The van der Waals surface area contributed by atoms with E-state index in [-0.39, 0.29) is 11.8 Å². The molecule has 2 heterocycles. The van der Waals surface area contributed by atoms with E-state index in [1.165, 1.54) is 22.0 Å². The topological polar surface area (TPSA) is 74.7 Å². The van der Waals surface area contributed by atoms with Crippen molar-refractivity contribution < 1.29 is 9.59 Å². The van der Waals surface area contributed by atoms with Gasteiger partial charge in [0.25, 0.3) is 5.91 Å². The fraction of sp³-hybridized carbons (Fsp3) is 0.571. The van der Waals surface area contributed by atoms with Crippen molar-refractivity contribution in [2.45, 2.75) is 38.5 Å². The van der Waals surface area contributed by atoms with E-state index >= 15 is 0 Å². The van der Waals surface area contributed by atoms with Crippen molar-refractivity contribution >= 4 is 28.9 Å². The number of hydrogen-bond acceptors (Lipinski definition) is 5. The molecular weight excluding hydrogens is 288 g/mol. The van der Waals surface area contributed by atoms with Crippen molar-refractivity contribution in [2.24, 2.45) is 5.10 Å². The molecule has 21 heavy (non-hydrogen) atoms. The van der Waals surface area contributed by atoms with E-state index in [2.05, 4.69) is 15.4 Å². The van der Waals surface area contributed by atoms with Crippen LogP contribution in [0.2, 0.25) is 0 Å². The van der Waals surface area contributed by atoms with Gasteiger partial charge in [-0.2, -0.15) is 5.10 Å². The Morgan fingerprint density at radius 2 is 2.19 bits per heavy atom. The van der Waals surface area contributed by atoms with E-state index in [1.807, 2.05) is 0 Å². The molecule has 0 atom stereocenters. The lowest BCUT2D eigenvalue weighted by Gasteiger charge is -2.18. The number of aromatic nitrogens is 1. The van der Waals surface area contributed by atoms with E-state index in [1.54, 1.807) is 18.4 Å². The average molecular weight is 306 g/mol. The van der Waals surface area contributed by atoms with E-state index in [9.17, 15) is 9.59 Å². The van der Waals surface area contributed by atoms with Gasteiger partial charge in [-0.05, 0) is 19.3 Å². The first kappa shape index (κ1) is 14.2. The maximum Gasteiger partial charge on any atom is 0.267 e. The summed E-state index contributed by atoms with van der Waals surface area (Å²) in [6.07, 6.45) is 4.98. The molecule has 2 aliphatic rings. The maximum atomic E-state index is 12.0. The Morgan fingerprint density at radius 3 is 2.95 bits per heavy atom. The molecule has 0 radical (unpaired) electrons. The van der Waals surface area contributed by atoms with Crippen molar-refractivity contribution in [1.29, 1.82) is 0 Å². The van der Waals surface area contributed by atoms with Crippen LogP contribution in [0, 0.1) is 0 Å².